The molecule has 1 aliphatic heterocycles. The maximum absolute atomic E-state index is 5.05. The van der Waals surface area contributed by atoms with Crippen LogP contribution in [0.15, 0.2) is 0 Å². The molecule has 0 spiro atoms. The molecule has 1 N–H and O–H groups in total. The summed E-state index contributed by atoms with van der Waals surface area (Å²) in [6.07, 6.45) is 6.73. The van der Waals surface area contributed by atoms with Crippen molar-refractivity contribution in [2.24, 2.45) is 11.8 Å². The minimum atomic E-state index is 0.516. The molecule has 3 aliphatic rings. The molecule has 1 aromatic rings. The van der Waals surface area contributed by atoms with Gasteiger partial charge in [-0.25, -0.2) is 9.97 Å². The van der Waals surface area contributed by atoms with Crippen LogP contribution in [0.4, 0.5) is 0 Å². The first-order valence-electron chi connectivity index (χ1n) is 8.32. The van der Waals surface area contributed by atoms with E-state index in [-0.39, 0.29) is 0 Å². The Morgan fingerprint density at radius 3 is 2.75 bits per heavy atom. The van der Waals surface area contributed by atoms with E-state index in [0.29, 0.717) is 11.8 Å². The summed E-state index contributed by atoms with van der Waals surface area (Å²) in [5.74, 6) is 4.17. The molecule has 3 unspecified atom stereocenters. The number of nitrogens with one attached hydrogen (secondary N) is 1. The Balaban J connectivity index is 1.75. The molecule has 2 fully saturated rings. The van der Waals surface area contributed by atoms with E-state index < -0.39 is 0 Å². The van der Waals surface area contributed by atoms with Crippen LogP contribution in [-0.4, -0.2) is 16.5 Å². The fourth-order valence-corrected chi connectivity index (χ4v) is 4.61. The van der Waals surface area contributed by atoms with Gasteiger partial charge in [0.1, 0.15) is 5.82 Å². The molecule has 20 heavy (non-hydrogen) atoms. The first-order chi connectivity index (χ1) is 9.72. The third kappa shape index (κ3) is 1.98. The van der Waals surface area contributed by atoms with Gasteiger partial charge in [0.15, 0.2) is 0 Å². The van der Waals surface area contributed by atoms with Crippen molar-refractivity contribution in [1.82, 2.24) is 15.3 Å². The third-order valence-corrected chi connectivity index (χ3v) is 5.60. The maximum atomic E-state index is 5.05. The molecule has 108 valence electrons. The van der Waals surface area contributed by atoms with Crippen LogP contribution >= 0.6 is 0 Å². The predicted molar refractivity (Wildman–Crippen MR) is 79.7 cm³/mol. The van der Waals surface area contributed by atoms with Gasteiger partial charge < -0.3 is 5.32 Å². The molecule has 0 radical (unpaired) electrons. The Morgan fingerprint density at radius 1 is 1.15 bits per heavy atom. The average Bonchev–Trinajstić information content (AvgIpc) is 3.08. The number of aromatic nitrogens is 2. The van der Waals surface area contributed by atoms with Crippen LogP contribution in [0.3, 0.4) is 0 Å². The molecular formula is C17H25N3. The molecule has 2 aliphatic carbocycles. The van der Waals surface area contributed by atoms with Gasteiger partial charge in [-0.3, -0.25) is 0 Å². The van der Waals surface area contributed by atoms with Gasteiger partial charge in [0.2, 0.25) is 0 Å². The lowest BCUT2D eigenvalue weighted by atomic mass is 9.87. The Kier molecular flexibility index (Phi) is 3.06. The van der Waals surface area contributed by atoms with Gasteiger partial charge in [-0.1, -0.05) is 20.3 Å². The monoisotopic (exact) mass is 271 g/mol. The zero-order valence-corrected chi connectivity index (χ0v) is 12.7. The standard InChI is InChI=1S/C17H25N3/c1-10(2)16-13-5-6-18-9-15(13)19-17(20-16)14-8-11-3-4-12(14)7-11/h10-12,14,18H,3-9H2,1-2H3. The summed E-state index contributed by atoms with van der Waals surface area (Å²) < 4.78 is 0. The largest absolute Gasteiger partial charge is 0.311 e. The normalized spacial score (nSPS) is 31.9. The molecular weight excluding hydrogens is 246 g/mol. The van der Waals surface area contributed by atoms with Crippen LogP contribution in [0.2, 0.25) is 0 Å². The van der Waals surface area contributed by atoms with E-state index in [1.54, 1.807) is 0 Å². The summed E-state index contributed by atoms with van der Waals surface area (Å²) in [6, 6.07) is 0. The van der Waals surface area contributed by atoms with E-state index in [9.17, 15) is 0 Å². The van der Waals surface area contributed by atoms with Gasteiger partial charge in [0.25, 0.3) is 0 Å². The fraction of sp³-hybridized carbons (Fsp3) is 0.765. The molecule has 3 nitrogen and oxygen atoms in total. The first-order valence-corrected chi connectivity index (χ1v) is 8.32. The minimum absolute atomic E-state index is 0.516. The summed E-state index contributed by atoms with van der Waals surface area (Å²) >= 11 is 0. The molecule has 2 heterocycles. The lowest BCUT2D eigenvalue weighted by Crippen LogP contribution is -2.28. The van der Waals surface area contributed by atoms with Crippen molar-refractivity contribution in [2.45, 2.75) is 64.3 Å². The Bertz CT molecular complexity index is 523. The van der Waals surface area contributed by atoms with Gasteiger partial charge in [-0.2, -0.15) is 0 Å². The van der Waals surface area contributed by atoms with E-state index >= 15 is 0 Å². The van der Waals surface area contributed by atoms with E-state index in [1.165, 1.54) is 48.5 Å². The topological polar surface area (TPSA) is 37.8 Å². The smallest absolute Gasteiger partial charge is 0.132 e. The third-order valence-electron chi connectivity index (χ3n) is 5.60. The summed E-state index contributed by atoms with van der Waals surface area (Å²) in [7, 11) is 0. The van der Waals surface area contributed by atoms with Gasteiger partial charge in [-0.15, -0.1) is 0 Å². The summed E-state index contributed by atoms with van der Waals surface area (Å²) in [4.78, 5) is 10.0. The van der Waals surface area contributed by atoms with Crippen LogP contribution in [0.1, 0.15) is 74.1 Å². The lowest BCUT2D eigenvalue weighted by molar-refractivity contribution is 0.401. The van der Waals surface area contributed by atoms with Crippen molar-refractivity contribution in [3.63, 3.8) is 0 Å². The number of rotatable bonds is 2. The second-order valence-electron chi connectivity index (χ2n) is 7.26. The van der Waals surface area contributed by atoms with Crippen molar-refractivity contribution in [2.75, 3.05) is 6.54 Å². The second kappa shape index (κ2) is 4.80. The highest BCUT2D eigenvalue weighted by atomic mass is 15.0. The zero-order chi connectivity index (χ0) is 13.7. The first kappa shape index (κ1) is 12.8. The Labute approximate surface area is 121 Å². The van der Waals surface area contributed by atoms with Crippen molar-refractivity contribution in [3.05, 3.63) is 22.8 Å². The minimum Gasteiger partial charge on any atom is -0.311 e. The van der Waals surface area contributed by atoms with E-state index in [1.807, 2.05) is 0 Å². The summed E-state index contributed by atoms with van der Waals surface area (Å²) in [5, 5.41) is 3.47. The van der Waals surface area contributed by atoms with E-state index in [4.69, 9.17) is 9.97 Å². The van der Waals surface area contributed by atoms with Gasteiger partial charge in [0, 0.05) is 12.5 Å². The fourth-order valence-electron chi connectivity index (χ4n) is 4.61. The quantitative estimate of drug-likeness (QED) is 0.898. The Morgan fingerprint density at radius 2 is 2.05 bits per heavy atom. The molecule has 2 bridgehead atoms. The van der Waals surface area contributed by atoms with Gasteiger partial charge in [-0.05, 0) is 55.5 Å². The van der Waals surface area contributed by atoms with Crippen molar-refractivity contribution in [1.29, 1.82) is 0 Å². The Hall–Kier alpha value is -0.960. The lowest BCUT2D eigenvalue weighted by Gasteiger charge is -2.26. The van der Waals surface area contributed by atoms with Gasteiger partial charge in [0.05, 0.1) is 11.4 Å². The SMILES string of the molecule is CC(C)c1nc(C2CC3CCC2C3)nc2c1CCNC2. The van der Waals surface area contributed by atoms with Crippen LogP contribution in [0.5, 0.6) is 0 Å². The molecule has 2 saturated carbocycles. The number of hydrogen-bond donors (Lipinski definition) is 1. The predicted octanol–water partition coefficient (Wildman–Crippen LogP) is 3.15. The number of fused-ring (bicyclic) bond motifs is 3. The second-order valence-corrected chi connectivity index (χ2v) is 7.26. The summed E-state index contributed by atoms with van der Waals surface area (Å²) in [5.41, 5.74) is 4.05. The number of nitrogens with zero attached hydrogens (tertiary/aromatic N) is 2. The molecule has 0 amide bonds. The average molecular weight is 271 g/mol. The highest BCUT2D eigenvalue weighted by molar-refractivity contribution is 5.31. The van der Waals surface area contributed by atoms with E-state index in [2.05, 4.69) is 19.2 Å². The van der Waals surface area contributed by atoms with Crippen molar-refractivity contribution >= 4 is 0 Å². The molecule has 1 aromatic heterocycles. The molecule has 3 heteroatoms. The zero-order valence-electron chi connectivity index (χ0n) is 12.7. The van der Waals surface area contributed by atoms with Crippen LogP contribution in [-0.2, 0) is 13.0 Å². The highest BCUT2D eigenvalue weighted by Gasteiger charge is 2.42. The van der Waals surface area contributed by atoms with Crippen LogP contribution in [0, 0.1) is 11.8 Å². The number of hydrogen-bond acceptors (Lipinski definition) is 3. The molecule has 4 rings (SSSR count). The van der Waals surface area contributed by atoms with Crippen LogP contribution < -0.4 is 5.32 Å². The molecule has 3 atom stereocenters. The maximum Gasteiger partial charge on any atom is 0.132 e. The van der Waals surface area contributed by atoms with Crippen LogP contribution in [0.25, 0.3) is 0 Å². The van der Waals surface area contributed by atoms with Crippen molar-refractivity contribution in [3.8, 4) is 0 Å². The van der Waals surface area contributed by atoms with Gasteiger partial charge >= 0.3 is 0 Å². The van der Waals surface area contributed by atoms with Crippen molar-refractivity contribution < 1.29 is 0 Å². The highest BCUT2D eigenvalue weighted by Crippen LogP contribution is 2.52. The molecule has 0 saturated heterocycles. The van der Waals surface area contributed by atoms with E-state index in [0.717, 1.165) is 31.3 Å². The molecule has 0 aromatic carbocycles. The summed E-state index contributed by atoms with van der Waals surface area (Å²) in [6.45, 7) is 6.55.